The normalized spacial score (nSPS) is 16.6. The van der Waals surface area contributed by atoms with E-state index in [-0.39, 0.29) is 34.1 Å². The lowest BCUT2D eigenvalue weighted by molar-refractivity contribution is -0.254. The molecule has 0 amide bonds. The molecule has 0 saturated carbocycles. The van der Waals surface area contributed by atoms with Crippen LogP contribution >= 0.6 is 22.7 Å². The summed E-state index contributed by atoms with van der Waals surface area (Å²) in [5, 5.41) is 0. The maximum absolute atomic E-state index is 15.6. The molecule has 1 aliphatic rings. The van der Waals surface area contributed by atoms with E-state index in [4.69, 9.17) is 9.47 Å². The Labute approximate surface area is 262 Å². The van der Waals surface area contributed by atoms with E-state index in [1.54, 1.807) is 13.8 Å². The van der Waals surface area contributed by atoms with Crippen molar-refractivity contribution < 1.29 is 45.4 Å². The number of aryl methyl sites for hydroxylation is 2. The molecule has 0 N–H and O–H groups in total. The highest BCUT2D eigenvalue weighted by atomic mass is 32.1. The number of thiophene rings is 2. The van der Waals surface area contributed by atoms with Crippen LogP contribution in [0, 0.1) is 13.8 Å². The molecule has 0 radical (unpaired) electrons. The van der Waals surface area contributed by atoms with Gasteiger partial charge in [-0.1, -0.05) is 24.3 Å². The van der Waals surface area contributed by atoms with Crippen molar-refractivity contribution in [2.45, 2.75) is 45.5 Å². The summed E-state index contributed by atoms with van der Waals surface area (Å²) in [4.78, 5) is 25.0. The largest absolute Gasteiger partial charge is 0.462 e. The average molecular weight is 665 g/mol. The predicted molar refractivity (Wildman–Crippen MR) is 163 cm³/mol. The summed E-state index contributed by atoms with van der Waals surface area (Å²) in [6.07, 6.45) is 0. The van der Waals surface area contributed by atoms with E-state index in [9.17, 15) is 9.59 Å². The SMILES string of the molecule is CCOC(=O)c1ccc(-c2cc(C3=C(c4cc(-c5ccc(C(=O)OCC)cc5)sc4C)C(F)(F)C(F)(F)C3(F)F)c(C)s2)cc1. The first-order valence-corrected chi connectivity index (χ1v) is 15.4. The Morgan fingerprint density at radius 3 is 1.27 bits per heavy atom. The maximum atomic E-state index is 15.6. The second-order valence-corrected chi connectivity index (χ2v) is 12.7. The number of carbonyl (C=O) groups is 2. The Kier molecular flexibility index (Phi) is 8.52. The molecule has 1 aliphatic carbocycles. The summed E-state index contributed by atoms with van der Waals surface area (Å²) in [5.41, 5.74) is -2.22. The minimum absolute atomic E-state index is 0.141. The van der Waals surface area contributed by atoms with Gasteiger partial charge in [-0.3, -0.25) is 0 Å². The molecule has 0 atom stereocenters. The number of hydrogen-bond donors (Lipinski definition) is 0. The van der Waals surface area contributed by atoms with E-state index in [2.05, 4.69) is 0 Å². The van der Waals surface area contributed by atoms with Gasteiger partial charge in [-0.25, -0.2) is 9.59 Å². The molecule has 236 valence electrons. The van der Waals surface area contributed by atoms with E-state index >= 15 is 26.3 Å². The molecule has 45 heavy (non-hydrogen) atoms. The minimum atomic E-state index is -5.70. The summed E-state index contributed by atoms with van der Waals surface area (Å²) >= 11 is 1.96. The molecule has 0 spiro atoms. The van der Waals surface area contributed by atoms with Crippen LogP contribution in [0.2, 0.25) is 0 Å². The van der Waals surface area contributed by atoms with Gasteiger partial charge in [0.05, 0.1) is 24.3 Å². The van der Waals surface area contributed by atoms with Gasteiger partial charge >= 0.3 is 29.7 Å². The van der Waals surface area contributed by atoms with Crippen LogP contribution in [-0.2, 0) is 9.47 Å². The molecule has 4 nitrogen and oxygen atoms in total. The highest BCUT2D eigenvalue weighted by Gasteiger charge is 2.80. The molecule has 0 aliphatic heterocycles. The second-order valence-electron chi connectivity index (χ2n) is 10.2. The van der Waals surface area contributed by atoms with Crippen molar-refractivity contribution in [3.05, 3.63) is 92.7 Å². The number of hydrogen-bond acceptors (Lipinski definition) is 6. The fourth-order valence-corrected chi connectivity index (χ4v) is 7.21. The number of allylic oxidation sites excluding steroid dienone is 2. The fourth-order valence-electron chi connectivity index (χ4n) is 5.15. The standard InChI is InChI=1S/C33H26F6O4S2/c1-5-42-29(40)21-11-7-19(8-12-21)25-15-23(17(3)44-25)27-28(32(36,37)33(38,39)31(27,34)35)24-16-26(45-18(24)4)20-9-13-22(14-10-20)30(41)43-6-2/h7-16H,5-6H2,1-4H3. The van der Waals surface area contributed by atoms with Crippen LogP contribution in [0.25, 0.3) is 32.0 Å². The smallest absolute Gasteiger partial charge is 0.380 e. The third-order valence-electron chi connectivity index (χ3n) is 7.40. The summed E-state index contributed by atoms with van der Waals surface area (Å²) in [5.74, 6) is -17.2. The van der Waals surface area contributed by atoms with Crippen LogP contribution in [-0.4, -0.2) is 42.9 Å². The molecule has 12 heteroatoms. The van der Waals surface area contributed by atoms with Crippen molar-refractivity contribution in [2.75, 3.05) is 13.2 Å². The molecule has 0 bridgehead atoms. The zero-order valence-electron chi connectivity index (χ0n) is 24.4. The number of halogens is 6. The van der Waals surface area contributed by atoms with Crippen LogP contribution in [0.1, 0.15) is 55.4 Å². The number of alkyl halides is 6. The summed E-state index contributed by atoms with van der Waals surface area (Å²) in [7, 11) is 0. The first kappa shape index (κ1) is 32.5. The predicted octanol–water partition coefficient (Wildman–Crippen LogP) is 9.94. The van der Waals surface area contributed by atoms with Crippen molar-refractivity contribution in [1.29, 1.82) is 0 Å². The molecule has 2 aromatic carbocycles. The Morgan fingerprint density at radius 2 is 0.956 bits per heavy atom. The molecule has 0 fully saturated rings. The molecular weight excluding hydrogens is 638 g/mol. The highest BCUT2D eigenvalue weighted by Crippen LogP contribution is 2.66. The van der Waals surface area contributed by atoms with Gasteiger partial charge in [0.25, 0.3) is 0 Å². The van der Waals surface area contributed by atoms with Crippen LogP contribution in [0.4, 0.5) is 26.3 Å². The van der Waals surface area contributed by atoms with Crippen molar-refractivity contribution in [3.63, 3.8) is 0 Å². The van der Waals surface area contributed by atoms with E-state index in [1.807, 2.05) is 0 Å². The molecule has 4 aromatic rings. The maximum Gasteiger partial charge on any atom is 0.380 e. The molecule has 5 rings (SSSR count). The molecule has 0 unspecified atom stereocenters. The zero-order valence-corrected chi connectivity index (χ0v) is 26.0. The van der Waals surface area contributed by atoms with Gasteiger partial charge in [0.2, 0.25) is 0 Å². The van der Waals surface area contributed by atoms with Crippen molar-refractivity contribution >= 4 is 45.8 Å². The summed E-state index contributed by atoms with van der Waals surface area (Å²) < 4.78 is 102. The van der Waals surface area contributed by atoms with Crippen molar-refractivity contribution in [1.82, 2.24) is 0 Å². The van der Waals surface area contributed by atoms with Gasteiger partial charge in [-0.05, 0) is 86.3 Å². The lowest BCUT2D eigenvalue weighted by Gasteiger charge is -2.25. The first-order valence-electron chi connectivity index (χ1n) is 13.8. The number of rotatable bonds is 8. The number of benzene rings is 2. The number of carbonyl (C=O) groups excluding carboxylic acids is 2. The Balaban J connectivity index is 1.63. The van der Waals surface area contributed by atoms with Gasteiger partial charge in [-0.15, -0.1) is 22.7 Å². The van der Waals surface area contributed by atoms with Crippen LogP contribution in [0.3, 0.4) is 0 Å². The fraction of sp³-hybridized carbons (Fsp3) is 0.273. The topological polar surface area (TPSA) is 52.6 Å². The highest BCUT2D eigenvalue weighted by molar-refractivity contribution is 7.16. The van der Waals surface area contributed by atoms with Gasteiger partial charge in [0, 0.05) is 30.7 Å². The van der Waals surface area contributed by atoms with E-state index in [1.165, 1.54) is 74.5 Å². The molecular formula is C33H26F6O4S2. The van der Waals surface area contributed by atoms with Gasteiger partial charge in [0.15, 0.2) is 0 Å². The van der Waals surface area contributed by atoms with Crippen molar-refractivity contribution in [2.24, 2.45) is 0 Å². The van der Waals surface area contributed by atoms with Gasteiger partial charge in [0.1, 0.15) is 0 Å². The zero-order chi connectivity index (χ0) is 32.9. The van der Waals surface area contributed by atoms with Gasteiger partial charge in [-0.2, -0.15) is 26.3 Å². The van der Waals surface area contributed by atoms with Crippen LogP contribution < -0.4 is 0 Å². The Bertz CT molecular complexity index is 1670. The Hall–Kier alpha value is -3.90. The van der Waals surface area contributed by atoms with Crippen LogP contribution in [0.15, 0.2) is 60.7 Å². The quantitative estimate of drug-likeness (QED) is 0.139. The lowest BCUT2D eigenvalue weighted by Crippen LogP contribution is -2.48. The molecule has 0 saturated heterocycles. The number of ether oxygens (including phenoxy) is 2. The van der Waals surface area contributed by atoms with E-state index in [0.29, 0.717) is 20.9 Å². The lowest BCUT2D eigenvalue weighted by atomic mass is 9.94. The Morgan fingerprint density at radius 1 is 0.622 bits per heavy atom. The first-order chi connectivity index (χ1) is 21.1. The third-order valence-corrected chi connectivity index (χ3v) is 9.60. The van der Waals surface area contributed by atoms with E-state index < -0.39 is 52.0 Å². The van der Waals surface area contributed by atoms with E-state index in [0.717, 1.165) is 22.7 Å². The average Bonchev–Trinajstić information content (AvgIpc) is 3.60. The van der Waals surface area contributed by atoms with Crippen molar-refractivity contribution in [3.8, 4) is 20.9 Å². The monoisotopic (exact) mass is 664 g/mol. The second kappa shape index (κ2) is 11.8. The van der Waals surface area contributed by atoms with Crippen LogP contribution in [0.5, 0.6) is 0 Å². The molecule has 2 heterocycles. The third kappa shape index (κ3) is 5.37. The van der Waals surface area contributed by atoms with Gasteiger partial charge < -0.3 is 9.47 Å². The minimum Gasteiger partial charge on any atom is -0.462 e. The summed E-state index contributed by atoms with van der Waals surface area (Å²) in [6, 6.07) is 14.4. The number of esters is 2. The molecule has 2 aromatic heterocycles. The summed E-state index contributed by atoms with van der Waals surface area (Å²) in [6.45, 7) is 6.45.